The standard InChI is InChI=1S/C27H28FN9O2.C2H6/c1-17(34-20-10-27(11-20)4-6-36(16-30)7-5-27)26(35-31)18-8-24-33-14-21(12-29)37(24)25(9-18)39-23(15-38)22-3-2-19(28)13-32-22;1-2/h2-3,8-9,13-14,20,23,38H,4-7,10-11,15,31H2,1H3;1-2H3/b34-17?,35-26+;. The van der Waals surface area contributed by atoms with Crippen molar-refractivity contribution in [2.75, 3.05) is 19.7 Å². The van der Waals surface area contributed by atoms with Gasteiger partial charge in [-0.05, 0) is 56.2 Å². The molecule has 2 fully saturated rings. The molecule has 1 saturated heterocycles. The Kier molecular flexibility index (Phi) is 9.15. The van der Waals surface area contributed by atoms with Gasteiger partial charge in [0.2, 0.25) is 5.88 Å². The van der Waals surface area contributed by atoms with Gasteiger partial charge in [0, 0.05) is 24.7 Å². The minimum atomic E-state index is -0.926. The number of hydrazone groups is 1. The Balaban J connectivity index is 0.00000189. The first-order valence-corrected chi connectivity index (χ1v) is 13.7. The molecule has 214 valence electrons. The lowest BCUT2D eigenvalue weighted by Gasteiger charge is -2.50. The molecular weight excluding hydrogens is 525 g/mol. The first-order chi connectivity index (χ1) is 19.9. The third-order valence-corrected chi connectivity index (χ3v) is 7.62. The SMILES string of the molecule is CC.CC(=NC1CC2(CCN(C#N)CC2)C1)/C(=N\N)c1cc(OC(CO)c2ccc(F)cn2)n2c(C#N)cnc2c1. The van der Waals surface area contributed by atoms with Gasteiger partial charge in [0.1, 0.15) is 28.9 Å². The van der Waals surface area contributed by atoms with Gasteiger partial charge in [0.15, 0.2) is 12.3 Å². The average Bonchev–Trinajstić information content (AvgIpc) is 3.41. The number of nitrogens with two attached hydrogens (primary N) is 1. The predicted molar refractivity (Wildman–Crippen MR) is 152 cm³/mol. The summed E-state index contributed by atoms with van der Waals surface area (Å²) in [5.74, 6) is 5.53. The number of halogens is 1. The molecule has 12 heteroatoms. The van der Waals surface area contributed by atoms with Crippen molar-refractivity contribution in [3.63, 3.8) is 0 Å². The summed E-state index contributed by atoms with van der Waals surface area (Å²) in [5.41, 5.74) is 2.91. The van der Waals surface area contributed by atoms with E-state index < -0.39 is 18.5 Å². The summed E-state index contributed by atoms with van der Waals surface area (Å²) in [6.07, 6.45) is 7.69. The average molecular weight is 560 g/mol. The van der Waals surface area contributed by atoms with Gasteiger partial charge in [-0.3, -0.25) is 14.4 Å². The molecule has 1 unspecified atom stereocenters. The summed E-state index contributed by atoms with van der Waals surface area (Å²) in [5, 5.41) is 32.8. The van der Waals surface area contributed by atoms with Gasteiger partial charge in [0.25, 0.3) is 0 Å². The van der Waals surface area contributed by atoms with Crippen LogP contribution in [0.1, 0.15) is 69.5 Å². The molecule has 3 aromatic rings. The van der Waals surface area contributed by atoms with E-state index in [2.05, 4.69) is 27.3 Å². The fraction of sp³-hybridized carbons (Fsp3) is 0.448. The van der Waals surface area contributed by atoms with Gasteiger partial charge >= 0.3 is 0 Å². The number of pyridine rings is 2. The third kappa shape index (κ3) is 6.13. The summed E-state index contributed by atoms with van der Waals surface area (Å²) in [7, 11) is 0. The second-order valence-corrected chi connectivity index (χ2v) is 10.1. The quantitative estimate of drug-likeness (QED) is 0.192. The number of imidazole rings is 1. The molecule has 11 nitrogen and oxygen atoms in total. The number of aliphatic hydroxyl groups is 1. The molecule has 1 saturated carbocycles. The molecule has 1 atom stereocenters. The summed E-state index contributed by atoms with van der Waals surface area (Å²) in [6, 6.07) is 8.29. The molecule has 3 aromatic heterocycles. The van der Waals surface area contributed by atoms with E-state index in [-0.39, 0.29) is 23.0 Å². The molecule has 3 N–H and O–H groups in total. The van der Waals surface area contributed by atoms with E-state index in [0.717, 1.165) is 45.0 Å². The molecule has 0 aromatic carbocycles. The highest BCUT2D eigenvalue weighted by Crippen LogP contribution is 2.50. The zero-order valence-electron chi connectivity index (χ0n) is 23.5. The Morgan fingerprint density at radius 1 is 1.22 bits per heavy atom. The lowest BCUT2D eigenvalue weighted by Crippen LogP contribution is -2.47. The summed E-state index contributed by atoms with van der Waals surface area (Å²) < 4.78 is 21.0. The molecule has 4 heterocycles. The fourth-order valence-corrected chi connectivity index (χ4v) is 5.53. The number of piperidine rings is 1. The Bertz CT molecular complexity index is 1500. The molecule has 5 rings (SSSR count). The van der Waals surface area contributed by atoms with Crippen molar-refractivity contribution in [3.05, 3.63) is 59.4 Å². The Hall–Kier alpha value is -4.55. The summed E-state index contributed by atoms with van der Waals surface area (Å²) in [6.45, 7) is 7.00. The number of aromatic nitrogens is 3. The Labute approximate surface area is 238 Å². The van der Waals surface area contributed by atoms with Crippen molar-refractivity contribution in [1.29, 1.82) is 10.5 Å². The summed E-state index contributed by atoms with van der Waals surface area (Å²) >= 11 is 0. The normalized spacial score (nSPS) is 17.7. The van der Waals surface area contributed by atoms with Gasteiger partial charge < -0.3 is 20.6 Å². The minimum Gasteiger partial charge on any atom is -0.466 e. The first kappa shape index (κ1) is 29.4. The highest BCUT2D eigenvalue weighted by molar-refractivity contribution is 6.47. The summed E-state index contributed by atoms with van der Waals surface area (Å²) in [4.78, 5) is 15.1. The lowest BCUT2D eigenvalue weighted by molar-refractivity contribution is 0.0357. The highest BCUT2D eigenvalue weighted by atomic mass is 19.1. The van der Waals surface area contributed by atoms with Crippen LogP contribution in [0.5, 0.6) is 5.88 Å². The van der Waals surface area contributed by atoms with Gasteiger partial charge in [-0.25, -0.2) is 9.37 Å². The monoisotopic (exact) mass is 559 g/mol. The number of aliphatic imine (C=N–C) groups is 1. The van der Waals surface area contributed by atoms with Crippen LogP contribution >= 0.6 is 0 Å². The second kappa shape index (κ2) is 12.7. The van der Waals surface area contributed by atoms with E-state index in [1.165, 1.54) is 22.7 Å². The molecule has 1 aliphatic carbocycles. The molecule has 2 aliphatic rings. The molecular formula is C29H34FN9O2. The van der Waals surface area contributed by atoms with Gasteiger partial charge in [-0.2, -0.15) is 15.6 Å². The first-order valence-electron chi connectivity index (χ1n) is 13.7. The number of aliphatic hydroxyl groups excluding tert-OH is 1. The number of nitrogens with zero attached hydrogens (tertiary/aromatic N) is 8. The van der Waals surface area contributed by atoms with Crippen LogP contribution in [-0.2, 0) is 0 Å². The highest BCUT2D eigenvalue weighted by Gasteiger charge is 2.45. The molecule has 0 amide bonds. The number of rotatable bonds is 7. The smallest absolute Gasteiger partial charge is 0.201 e. The topological polar surface area (TPSA) is 161 Å². The van der Waals surface area contributed by atoms with E-state index in [0.29, 0.717) is 28.3 Å². The molecule has 41 heavy (non-hydrogen) atoms. The van der Waals surface area contributed by atoms with Crippen molar-refractivity contribution < 1.29 is 14.2 Å². The second-order valence-electron chi connectivity index (χ2n) is 10.1. The van der Waals surface area contributed by atoms with Crippen LogP contribution in [0.4, 0.5) is 4.39 Å². The molecule has 0 bridgehead atoms. The Morgan fingerprint density at radius 3 is 2.54 bits per heavy atom. The predicted octanol–water partition coefficient (Wildman–Crippen LogP) is 3.73. The largest absolute Gasteiger partial charge is 0.466 e. The zero-order chi connectivity index (χ0) is 29.6. The van der Waals surface area contributed by atoms with E-state index in [4.69, 9.17) is 20.8 Å². The minimum absolute atomic E-state index is 0.148. The van der Waals surface area contributed by atoms with Crippen LogP contribution < -0.4 is 10.6 Å². The van der Waals surface area contributed by atoms with E-state index >= 15 is 0 Å². The number of hydrogen-bond acceptors (Lipinski definition) is 10. The number of hydrogen-bond donors (Lipinski definition) is 2. The lowest BCUT2D eigenvalue weighted by atomic mass is 9.60. The molecule has 1 aliphatic heterocycles. The van der Waals surface area contributed by atoms with Crippen LogP contribution in [0.15, 0.2) is 46.8 Å². The maximum Gasteiger partial charge on any atom is 0.201 e. The number of fused-ring (bicyclic) bond motifs is 1. The van der Waals surface area contributed by atoms with Crippen molar-refractivity contribution in [2.45, 2.75) is 58.6 Å². The van der Waals surface area contributed by atoms with Crippen LogP contribution in [0, 0.1) is 34.0 Å². The van der Waals surface area contributed by atoms with Gasteiger partial charge in [0.05, 0.1) is 36.4 Å². The maximum atomic E-state index is 13.4. The van der Waals surface area contributed by atoms with Gasteiger partial charge in [-0.1, -0.05) is 13.8 Å². The van der Waals surface area contributed by atoms with E-state index in [9.17, 15) is 14.8 Å². The number of likely N-dealkylation sites (tertiary alicyclic amines) is 1. The van der Waals surface area contributed by atoms with Crippen LogP contribution in [0.25, 0.3) is 5.65 Å². The van der Waals surface area contributed by atoms with E-state index in [1.807, 2.05) is 25.7 Å². The van der Waals surface area contributed by atoms with Crippen molar-refractivity contribution >= 4 is 17.1 Å². The van der Waals surface area contributed by atoms with Gasteiger partial charge in [-0.15, -0.1) is 0 Å². The van der Waals surface area contributed by atoms with Crippen molar-refractivity contribution in [1.82, 2.24) is 19.3 Å². The van der Waals surface area contributed by atoms with Crippen LogP contribution in [-0.4, -0.2) is 61.5 Å². The number of ether oxygens (including phenoxy) is 1. The fourth-order valence-electron chi connectivity index (χ4n) is 5.53. The van der Waals surface area contributed by atoms with Crippen LogP contribution in [0.3, 0.4) is 0 Å². The van der Waals surface area contributed by atoms with E-state index in [1.54, 1.807) is 12.1 Å². The Morgan fingerprint density at radius 2 is 1.95 bits per heavy atom. The van der Waals surface area contributed by atoms with Crippen LogP contribution in [0.2, 0.25) is 0 Å². The third-order valence-electron chi connectivity index (χ3n) is 7.62. The number of nitriles is 2. The van der Waals surface area contributed by atoms with Crippen molar-refractivity contribution in [3.8, 4) is 18.1 Å². The molecule has 0 radical (unpaired) electrons. The maximum absolute atomic E-state index is 13.4. The molecule has 1 spiro atoms. The van der Waals surface area contributed by atoms with Crippen molar-refractivity contribution in [2.24, 2.45) is 21.4 Å². The zero-order valence-corrected chi connectivity index (χ0v) is 23.5.